The summed E-state index contributed by atoms with van der Waals surface area (Å²) in [4.78, 5) is 19.1. The quantitative estimate of drug-likeness (QED) is 0.780. The fourth-order valence-corrected chi connectivity index (χ4v) is 2.75. The zero-order chi connectivity index (χ0) is 16.2. The van der Waals surface area contributed by atoms with Gasteiger partial charge in [0, 0.05) is 18.7 Å². The summed E-state index contributed by atoms with van der Waals surface area (Å²) in [5.74, 6) is 2.20. The molecule has 0 radical (unpaired) electrons. The van der Waals surface area contributed by atoms with Crippen LogP contribution in [-0.2, 0) is 11.2 Å². The lowest BCUT2D eigenvalue weighted by Gasteiger charge is -2.21. The number of carbonyl (C=O) groups excluding carboxylic acids is 1. The Morgan fingerprint density at radius 2 is 2.04 bits per heavy atom. The van der Waals surface area contributed by atoms with Crippen molar-refractivity contribution in [1.29, 1.82) is 0 Å². The average molecular weight is 312 g/mol. The fourth-order valence-electron chi connectivity index (χ4n) is 2.75. The van der Waals surface area contributed by atoms with Crippen LogP contribution in [0.25, 0.3) is 11.5 Å². The number of rotatable bonds is 7. The second-order valence-corrected chi connectivity index (χ2v) is 6.35. The molecule has 2 aromatic rings. The van der Waals surface area contributed by atoms with Crippen molar-refractivity contribution in [2.24, 2.45) is 5.92 Å². The summed E-state index contributed by atoms with van der Waals surface area (Å²) in [5, 5.41) is 0. The van der Waals surface area contributed by atoms with Gasteiger partial charge in [0.05, 0.1) is 12.1 Å². The minimum absolute atomic E-state index is 0.162. The van der Waals surface area contributed by atoms with Gasteiger partial charge in [0.25, 0.3) is 0 Å². The maximum Gasteiger partial charge on any atom is 0.228 e. The highest BCUT2D eigenvalue weighted by molar-refractivity contribution is 5.78. The lowest BCUT2D eigenvalue weighted by Crippen LogP contribution is -2.35. The molecule has 0 N–H and O–H groups in total. The molecule has 1 aliphatic carbocycles. The van der Waals surface area contributed by atoms with Crippen molar-refractivity contribution < 1.29 is 9.21 Å². The summed E-state index contributed by atoms with van der Waals surface area (Å²) in [6.45, 7) is 5.72. The molecule has 1 aromatic heterocycles. The molecule has 122 valence electrons. The smallest absolute Gasteiger partial charge is 0.228 e. The number of hydrogen-bond acceptors (Lipinski definition) is 3. The Labute approximate surface area is 137 Å². The largest absolute Gasteiger partial charge is 0.441 e. The van der Waals surface area contributed by atoms with Crippen molar-refractivity contribution >= 4 is 5.91 Å². The van der Waals surface area contributed by atoms with Crippen LogP contribution in [0, 0.1) is 12.8 Å². The van der Waals surface area contributed by atoms with E-state index in [0.29, 0.717) is 18.2 Å². The molecule has 1 saturated carbocycles. The van der Waals surface area contributed by atoms with E-state index in [1.54, 1.807) is 0 Å². The summed E-state index contributed by atoms with van der Waals surface area (Å²) in [6, 6.07) is 9.81. The first-order valence-electron chi connectivity index (χ1n) is 8.47. The Bertz CT molecular complexity index is 659. The molecule has 3 rings (SSSR count). The molecule has 4 nitrogen and oxygen atoms in total. The molecule has 1 fully saturated rings. The van der Waals surface area contributed by atoms with Gasteiger partial charge in [-0.2, -0.15) is 0 Å². The maximum absolute atomic E-state index is 12.6. The highest BCUT2D eigenvalue weighted by Gasteiger charge is 2.27. The minimum atomic E-state index is 0.162. The number of nitrogens with zero attached hydrogens (tertiary/aromatic N) is 2. The summed E-state index contributed by atoms with van der Waals surface area (Å²) in [5.41, 5.74) is 1.70. The van der Waals surface area contributed by atoms with Gasteiger partial charge in [-0.25, -0.2) is 4.98 Å². The van der Waals surface area contributed by atoms with Gasteiger partial charge < -0.3 is 9.32 Å². The predicted octanol–water partition coefficient (Wildman–Crippen LogP) is 3.84. The van der Waals surface area contributed by atoms with E-state index in [-0.39, 0.29) is 5.91 Å². The van der Waals surface area contributed by atoms with Crippen molar-refractivity contribution in [2.75, 3.05) is 13.1 Å². The summed E-state index contributed by atoms with van der Waals surface area (Å²) < 4.78 is 5.75. The van der Waals surface area contributed by atoms with Gasteiger partial charge in [-0.3, -0.25) is 4.79 Å². The third kappa shape index (κ3) is 4.01. The monoisotopic (exact) mass is 312 g/mol. The molecule has 0 unspecified atom stereocenters. The number of amides is 1. The van der Waals surface area contributed by atoms with E-state index in [0.717, 1.165) is 36.5 Å². The second kappa shape index (κ2) is 6.99. The standard InChI is InChI=1S/C19H24N2O2/c1-3-11-21(13-15-9-10-15)18(22)12-17-14(2)23-19(20-17)16-7-5-4-6-8-16/h4-8,15H,3,9-13H2,1-2H3. The van der Waals surface area contributed by atoms with E-state index >= 15 is 0 Å². The van der Waals surface area contributed by atoms with Crippen LogP contribution < -0.4 is 0 Å². The molecule has 0 saturated heterocycles. The predicted molar refractivity (Wildman–Crippen MR) is 90.0 cm³/mol. The molecule has 0 bridgehead atoms. The second-order valence-electron chi connectivity index (χ2n) is 6.35. The van der Waals surface area contributed by atoms with Crippen molar-refractivity contribution in [2.45, 2.75) is 39.5 Å². The fraction of sp³-hybridized carbons (Fsp3) is 0.474. The molecule has 1 heterocycles. The number of oxazole rings is 1. The van der Waals surface area contributed by atoms with Crippen LogP contribution in [0.2, 0.25) is 0 Å². The van der Waals surface area contributed by atoms with Gasteiger partial charge in [-0.1, -0.05) is 25.1 Å². The van der Waals surface area contributed by atoms with Crippen LogP contribution in [0.5, 0.6) is 0 Å². The van der Waals surface area contributed by atoms with E-state index in [4.69, 9.17) is 4.42 Å². The van der Waals surface area contributed by atoms with E-state index in [1.165, 1.54) is 12.8 Å². The Hall–Kier alpha value is -2.10. The Morgan fingerprint density at radius 3 is 2.70 bits per heavy atom. The van der Waals surface area contributed by atoms with Crippen LogP contribution in [0.1, 0.15) is 37.6 Å². The number of benzene rings is 1. The minimum Gasteiger partial charge on any atom is -0.441 e. The molecule has 4 heteroatoms. The lowest BCUT2D eigenvalue weighted by atomic mass is 10.2. The zero-order valence-electron chi connectivity index (χ0n) is 13.9. The summed E-state index contributed by atoms with van der Waals surface area (Å²) >= 11 is 0. The van der Waals surface area contributed by atoms with Crippen LogP contribution in [-0.4, -0.2) is 28.9 Å². The molecule has 23 heavy (non-hydrogen) atoms. The molecule has 0 atom stereocenters. The first kappa shape index (κ1) is 15.8. The molecule has 0 aliphatic heterocycles. The number of carbonyl (C=O) groups is 1. The SMILES string of the molecule is CCCN(CC1CC1)C(=O)Cc1nc(-c2ccccc2)oc1C. The molecule has 1 aliphatic rings. The van der Waals surface area contributed by atoms with Gasteiger partial charge in [0.2, 0.25) is 11.8 Å². The van der Waals surface area contributed by atoms with E-state index < -0.39 is 0 Å². The normalized spacial score (nSPS) is 14.0. The number of aryl methyl sites for hydroxylation is 1. The van der Waals surface area contributed by atoms with Crippen molar-refractivity contribution in [1.82, 2.24) is 9.88 Å². The Balaban J connectivity index is 1.71. The Kier molecular flexibility index (Phi) is 4.79. The first-order valence-corrected chi connectivity index (χ1v) is 8.47. The average Bonchev–Trinajstić information content (AvgIpc) is 3.30. The number of hydrogen-bond donors (Lipinski definition) is 0. The molecule has 1 amide bonds. The zero-order valence-corrected chi connectivity index (χ0v) is 13.9. The highest BCUT2D eigenvalue weighted by atomic mass is 16.4. The third-order valence-corrected chi connectivity index (χ3v) is 4.25. The van der Waals surface area contributed by atoms with Gasteiger partial charge in [0.15, 0.2) is 0 Å². The molecule has 1 aromatic carbocycles. The highest BCUT2D eigenvalue weighted by Crippen LogP contribution is 2.30. The van der Waals surface area contributed by atoms with Crippen molar-refractivity contribution in [3.05, 3.63) is 41.8 Å². The van der Waals surface area contributed by atoms with Crippen LogP contribution in [0.15, 0.2) is 34.7 Å². The van der Waals surface area contributed by atoms with Crippen molar-refractivity contribution in [3.63, 3.8) is 0 Å². The van der Waals surface area contributed by atoms with Gasteiger partial charge >= 0.3 is 0 Å². The van der Waals surface area contributed by atoms with Gasteiger partial charge in [-0.15, -0.1) is 0 Å². The maximum atomic E-state index is 12.6. The van der Waals surface area contributed by atoms with E-state index in [1.807, 2.05) is 42.2 Å². The Morgan fingerprint density at radius 1 is 1.30 bits per heavy atom. The summed E-state index contributed by atoms with van der Waals surface area (Å²) in [6.07, 6.45) is 3.84. The van der Waals surface area contributed by atoms with E-state index in [9.17, 15) is 4.79 Å². The van der Waals surface area contributed by atoms with Crippen LogP contribution in [0.4, 0.5) is 0 Å². The van der Waals surface area contributed by atoms with Gasteiger partial charge in [0.1, 0.15) is 5.76 Å². The topological polar surface area (TPSA) is 46.3 Å². The first-order chi connectivity index (χ1) is 11.2. The lowest BCUT2D eigenvalue weighted by molar-refractivity contribution is -0.130. The van der Waals surface area contributed by atoms with E-state index in [2.05, 4.69) is 11.9 Å². The van der Waals surface area contributed by atoms with Gasteiger partial charge in [-0.05, 0) is 44.2 Å². The third-order valence-electron chi connectivity index (χ3n) is 4.25. The molecular formula is C19H24N2O2. The number of aromatic nitrogens is 1. The molecular weight excluding hydrogens is 288 g/mol. The van der Waals surface area contributed by atoms with Crippen LogP contribution in [0.3, 0.4) is 0 Å². The molecule has 0 spiro atoms. The van der Waals surface area contributed by atoms with Crippen LogP contribution >= 0.6 is 0 Å². The van der Waals surface area contributed by atoms with Crippen molar-refractivity contribution in [3.8, 4) is 11.5 Å². The summed E-state index contributed by atoms with van der Waals surface area (Å²) in [7, 11) is 0.